The summed E-state index contributed by atoms with van der Waals surface area (Å²) in [5, 5.41) is 11.2. The molecule has 0 spiro atoms. The van der Waals surface area contributed by atoms with Crippen molar-refractivity contribution in [2.24, 2.45) is 0 Å². The zero-order chi connectivity index (χ0) is 48.6. The van der Waals surface area contributed by atoms with Crippen LogP contribution < -0.4 is 5.32 Å². The van der Waals surface area contributed by atoms with Gasteiger partial charge in [-0.1, -0.05) is 167 Å². The molecule has 0 saturated carbocycles. The molecule has 0 aliphatic heterocycles. The summed E-state index contributed by atoms with van der Waals surface area (Å²) >= 11 is 0. The van der Waals surface area contributed by atoms with Gasteiger partial charge in [0.2, 0.25) is 30.0 Å². The van der Waals surface area contributed by atoms with Crippen LogP contribution in [0, 0.1) is 0 Å². The Kier molecular flexibility index (Phi) is 28.9. The third kappa shape index (κ3) is 25.9. The molecule has 1 aromatic carbocycles. The fourth-order valence-corrected chi connectivity index (χ4v) is 9.28. The van der Waals surface area contributed by atoms with Crippen molar-refractivity contribution in [1.82, 2.24) is 25.3 Å². The Morgan fingerprint density at radius 1 is 0.522 bits per heavy atom. The number of carboxylic acid groups (broad SMARTS) is 1. The molecule has 1 unspecified atom stereocenters. The van der Waals surface area contributed by atoms with Gasteiger partial charge in [0.25, 0.3) is 5.91 Å². The largest absolute Gasteiger partial charge is 0.481 e. The summed E-state index contributed by atoms with van der Waals surface area (Å²) in [4.78, 5) is 40.4. The minimum absolute atomic E-state index is 0.0491. The summed E-state index contributed by atoms with van der Waals surface area (Å²) in [7, 11) is -7.23. The normalized spacial score (nSPS) is 12.3. The van der Waals surface area contributed by atoms with Gasteiger partial charge in [0, 0.05) is 73.6 Å². The Morgan fingerprint density at radius 2 is 0.896 bits per heavy atom. The van der Waals surface area contributed by atoms with Crippen LogP contribution in [0.5, 0.6) is 0 Å². The third-order valence-electron chi connectivity index (χ3n) is 12.3. The molecule has 2 heterocycles. The van der Waals surface area contributed by atoms with Gasteiger partial charge in [0.05, 0.1) is 6.10 Å². The monoisotopic (exact) mass is 970 g/mol. The highest BCUT2D eigenvalue weighted by molar-refractivity contribution is 7.90. The average molecular weight is 970 g/mol. The van der Waals surface area contributed by atoms with Crippen molar-refractivity contribution in [3.63, 3.8) is 0 Å². The molecule has 0 aliphatic rings. The van der Waals surface area contributed by atoms with Crippen LogP contribution in [0.3, 0.4) is 0 Å². The highest BCUT2D eigenvalue weighted by Gasteiger charge is 2.17. The van der Waals surface area contributed by atoms with Crippen molar-refractivity contribution in [1.29, 1.82) is 0 Å². The number of carbonyl (C=O) groups is 2. The van der Waals surface area contributed by atoms with Crippen LogP contribution in [-0.4, -0.2) is 85.5 Å². The SMILES string of the molecule is CCCCCCCCOC(CCCCCCCCCCCCCCCCCCCCCCCC(=O)O)CCNC(=O)c1cc(-c2cnc(S(C)(=O)=O)nc2)cc(-c2cnc(S(C)(=O)=O)nc2)c1. The first kappa shape index (κ1) is 57.5. The van der Waals surface area contributed by atoms with Gasteiger partial charge in [-0.05, 0) is 55.0 Å². The quantitative estimate of drug-likeness (QED) is 0.0405. The maximum atomic E-state index is 13.7. The third-order valence-corrected chi connectivity index (χ3v) is 14.0. The molecule has 1 amide bonds. The molecule has 0 saturated heterocycles. The number of hydrogen-bond acceptors (Lipinski definition) is 11. The van der Waals surface area contributed by atoms with Gasteiger partial charge >= 0.3 is 5.97 Å². The van der Waals surface area contributed by atoms with Crippen LogP contribution in [0.25, 0.3) is 22.3 Å². The highest BCUT2D eigenvalue weighted by atomic mass is 32.2. The molecule has 3 rings (SSSR count). The molecule has 1 atom stereocenters. The Balaban J connectivity index is 1.40. The number of amides is 1. The minimum atomic E-state index is -3.61. The maximum Gasteiger partial charge on any atom is 0.303 e. The van der Waals surface area contributed by atoms with Crippen LogP contribution in [0.15, 0.2) is 53.3 Å². The topological polar surface area (TPSA) is 195 Å². The van der Waals surface area contributed by atoms with E-state index >= 15 is 0 Å². The van der Waals surface area contributed by atoms with Crippen LogP contribution in [-0.2, 0) is 29.2 Å². The average Bonchev–Trinajstić information content (AvgIpc) is 3.30. The molecule has 0 aliphatic carbocycles. The van der Waals surface area contributed by atoms with Crippen molar-refractivity contribution in [3.8, 4) is 22.3 Å². The van der Waals surface area contributed by atoms with Crippen LogP contribution in [0.2, 0.25) is 0 Å². The number of aliphatic carboxylic acids is 1. The van der Waals surface area contributed by atoms with Gasteiger partial charge < -0.3 is 15.2 Å². The standard InChI is InChI=1S/C52H83N5O8S2/c1-4-5-6-7-27-30-35-65-48(31-28-25-23-21-19-17-15-13-11-9-8-10-12-14-16-18-20-22-24-26-29-32-49(58)59)33-34-53-50(60)45-37-43(46-39-54-51(55-40-46)66(2,61)62)36-44(38-45)47-41-56-52(57-42-47)67(3,63)64/h36-42,48H,4-35H2,1-3H3,(H,53,60)(H,58,59). The smallest absolute Gasteiger partial charge is 0.303 e. The van der Waals surface area contributed by atoms with E-state index in [4.69, 9.17) is 9.84 Å². The summed E-state index contributed by atoms with van der Waals surface area (Å²) in [6, 6.07) is 5.17. The van der Waals surface area contributed by atoms with Gasteiger partial charge in [0.15, 0.2) is 0 Å². The first-order valence-corrected chi connectivity index (χ1v) is 29.4. The zero-order valence-electron chi connectivity index (χ0n) is 41.2. The second kappa shape index (κ2) is 33.6. The molecular weight excluding hydrogens is 887 g/mol. The number of ether oxygens (including phenoxy) is 1. The van der Waals surface area contributed by atoms with E-state index in [2.05, 4.69) is 32.2 Å². The van der Waals surface area contributed by atoms with Crippen LogP contribution in [0.4, 0.5) is 0 Å². The molecule has 67 heavy (non-hydrogen) atoms. The predicted molar refractivity (Wildman–Crippen MR) is 269 cm³/mol. The molecular formula is C52H83N5O8S2. The molecule has 3 aromatic rings. The fraction of sp³-hybridized carbons (Fsp3) is 0.692. The first-order chi connectivity index (χ1) is 32.3. The van der Waals surface area contributed by atoms with E-state index < -0.39 is 25.6 Å². The number of unbranched alkanes of at least 4 members (excludes halogenated alkanes) is 25. The maximum absolute atomic E-state index is 13.7. The number of nitrogens with zero attached hydrogens (tertiary/aromatic N) is 4. The van der Waals surface area contributed by atoms with Crippen molar-refractivity contribution in [2.45, 2.75) is 216 Å². The number of sulfone groups is 2. The number of benzene rings is 1. The number of rotatable bonds is 40. The number of aromatic nitrogens is 4. The van der Waals surface area contributed by atoms with Gasteiger partial charge in [-0.2, -0.15) is 0 Å². The fourth-order valence-electron chi connectivity index (χ4n) is 8.30. The summed E-state index contributed by atoms with van der Waals surface area (Å²) in [5.74, 6) is -0.971. The van der Waals surface area contributed by atoms with E-state index in [1.54, 1.807) is 18.2 Å². The van der Waals surface area contributed by atoms with E-state index in [0.717, 1.165) is 57.6 Å². The summed E-state index contributed by atoms with van der Waals surface area (Å²) in [6.07, 6.45) is 43.3. The number of hydrogen-bond donors (Lipinski definition) is 2. The van der Waals surface area contributed by atoms with Gasteiger partial charge in [0.1, 0.15) is 0 Å². The first-order valence-electron chi connectivity index (χ1n) is 25.6. The second-order valence-electron chi connectivity index (χ2n) is 18.5. The number of carboxylic acids is 1. The molecule has 13 nitrogen and oxygen atoms in total. The van der Waals surface area contributed by atoms with Gasteiger partial charge in [-0.15, -0.1) is 0 Å². The number of nitrogens with one attached hydrogen (secondary N) is 1. The van der Waals surface area contributed by atoms with Gasteiger partial charge in [-0.25, -0.2) is 36.8 Å². The van der Waals surface area contributed by atoms with E-state index in [0.29, 0.717) is 47.2 Å². The molecule has 2 N–H and O–H groups in total. The lowest BCUT2D eigenvalue weighted by atomic mass is 9.98. The van der Waals surface area contributed by atoms with Crippen molar-refractivity contribution in [3.05, 3.63) is 48.5 Å². The zero-order valence-corrected chi connectivity index (χ0v) is 42.8. The lowest BCUT2D eigenvalue weighted by molar-refractivity contribution is -0.137. The Labute approximate surface area is 403 Å². The lowest BCUT2D eigenvalue weighted by Crippen LogP contribution is -2.28. The van der Waals surface area contributed by atoms with E-state index in [1.165, 1.54) is 166 Å². The van der Waals surface area contributed by atoms with Gasteiger partial charge in [-0.3, -0.25) is 9.59 Å². The van der Waals surface area contributed by atoms with E-state index in [-0.39, 0.29) is 22.3 Å². The molecule has 376 valence electrons. The lowest BCUT2D eigenvalue weighted by Gasteiger charge is -2.19. The molecule has 0 fully saturated rings. The minimum Gasteiger partial charge on any atom is -0.481 e. The highest BCUT2D eigenvalue weighted by Crippen LogP contribution is 2.28. The Morgan fingerprint density at radius 3 is 1.28 bits per heavy atom. The summed E-state index contributed by atoms with van der Waals surface area (Å²) < 4.78 is 54.4. The molecule has 15 heteroatoms. The van der Waals surface area contributed by atoms with Crippen molar-refractivity contribution >= 4 is 31.6 Å². The van der Waals surface area contributed by atoms with E-state index in [9.17, 15) is 26.4 Å². The summed E-state index contributed by atoms with van der Waals surface area (Å²) in [6.45, 7) is 3.37. The second-order valence-corrected chi connectivity index (χ2v) is 22.3. The molecule has 2 aromatic heterocycles. The van der Waals surface area contributed by atoms with Crippen LogP contribution >= 0.6 is 0 Å². The Hall–Kier alpha value is -3.82. The predicted octanol–water partition coefficient (Wildman–Crippen LogP) is 12.3. The summed E-state index contributed by atoms with van der Waals surface area (Å²) in [5.41, 5.74) is 2.48. The Bertz CT molecular complexity index is 1960. The van der Waals surface area contributed by atoms with Crippen molar-refractivity contribution in [2.75, 3.05) is 25.7 Å². The number of carbonyl (C=O) groups excluding carboxylic acids is 1. The van der Waals surface area contributed by atoms with E-state index in [1.807, 2.05) is 0 Å². The molecule has 0 bridgehead atoms. The molecule has 0 radical (unpaired) electrons. The van der Waals surface area contributed by atoms with Crippen molar-refractivity contribution < 1.29 is 36.3 Å². The van der Waals surface area contributed by atoms with Crippen LogP contribution in [0.1, 0.15) is 210 Å².